The molecule has 7 atom stereocenters. The van der Waals surface area contributed by atoms with Crippen LogP contribution in [0.1, 0.15) is 61.3 Å². The largest absolute Gasteiger partial charge is 0.462 e. The Labute approximate surface area is 141 Å². The van der Waals surface area contributed by atoms with E-state index in [4.69, 9.17) is 14.2 Å². The van der Waals surface area contributed by atoms with Crippen LogP contribution in [0.25, 0.3) is 0 Å². The molecular weight excluding hydrogens is 292 g/mol. The van der Waals surface area contributed by atoms with Crippen molar-refractivity contribution in [3.8, 4) is 0 Å². The van der Waals surface area contributed by atoms with E-state index in [1.165, 1.54) is 0 Å². The third-order valence-corrected chi connectivity index (χ3v) is 5.48. The highest BCUT2D eigenvalue weighted by Gasteiger charge is 2.40. The Morgan fingerprint density at radius 2 is 1.70 bits per heavy atom. The van der Waals surface area contributed by atoms with E-state index in [0.717, 1.165) is 19.4 Å². The third-order valence-electron chi connectivity index (χ3n) is 5.48. The second-order valence-corrected chi connectivity index (χ2v) is 8.48. The summed E-state index contributed by atoms with van der Waals surface area (Å²) >= 11 is 0. The summed E-state index contributed by atoms with van der Waals surface area (Å²) in [6.45, 7) is 15.5. The lowest BCUT2D eigenvalue weighted by atomic mass is 9.78. The number of ether oxygens (including phenoxy) is 3. The van der Waals surface area contributed by atoms with Gasteiger partial charge in [-0.15, -0.1) is 0 Å². The zero-order valence-electron chi connectivity index (χ0n) is 15.8. The van der Waals surface area contributed by atoms with Gasteiger partial charge in [0.2, 0.25) is 0 Å². The summed E-state index contributed by atoms with van der Waals surface area (Å²) in [5.74, 6) is 1.06. The van der Waals surface area contributed by atoms with E-state index in [2.05, 4.69) is 27.7 Å². The number of cyclic esters (lactones) is 1. The summed E-state index contributed by atoms with van der Waals surface area (Å²) in [6.07, 6.45) is 2.15. The molecule has 4 heteroatoms. The number of hydrogen-bond donors (Lipinski definition) is 0. The SMILES string of the molecule is C[C@@H]1C[C@@H](C)[C@@H]([C@H](C)C[C@@H](C)[C@@H]2OC(C)(C)OC[C@H]2C)OC1=O. The predicted octanol–water partition coefficient (Wildman–Crippen LogP) is 4.02. The van der Waals surface area contributed by atoms with E-state index in [1.807, 2.05) is 20.8 Å². The van der Waals surface area contributed by atoms with Gasteiger partial charge in [0.15, 0.2) is 5.79 Å². The monoisotopic (exact) mass is 326 g/mol. The van der Waals surface area contributed by atoms with Gasteiger partial charge in [-0.1, -0.05) is 34.6 Å². The van der Waals surface area contributed by atoms with E-state index in [0.29, 0.717) is 23.7 Å². The molecule has 2 heterocycles. The first-order chi connectivity index (χ1) is 10.6. The topological polar surface area (TPSA) is 44.8 Å². The molecule has 0 spiro atoms. The van der Waals surface area contributed by atoms with E-state index in [1.54, 1.807) is 0 Å². The second kappa shape index (κ2) is 7.10. The van der Waals surface area contributed by atoms with E-state index < -0.39 is 5.79 Å². The van der Waals surface area contributed by atoms with Crippen molar-refractivity contribution in [2.45, 2.75) is 79.3 Å². The molecule has 0 aromatic carbocycles. The molecule has 0 aliphatic carbocycles. The van der Waals surface area contributed by atoms with E-state index in [-0.39, 0.29) is 24.1 Å². The third kappa shape index (κ3) is 4.48. The summed E-state index contributed by atoms with van der Waals surface area (Å²) in [5, 5.41) is 0. The standard InChI is InChI=1S/C19H34O4/c1-11(16-12(2)9-14(4)18(20)22-16)8-13(3)17-15(5)10-21-19(6,7)23-17/h11-17H,8-10H2,1-7H3/t11-,12-,13-,14-,15-,16-,17+/m1/s1. The predicted molar refractivity (Wildman–Crippen MR) is 89.8 cm³/mol. The highest BCUT2D eigenvalue weighted by molar-refractivity contribution is 5.73. The lowest BCUT2D eigenvalue weighted by Crippen LogP contribution is -2.48. The summed E-state index contributed by atoms with van der Waals surface area (Å²) in [4.78, 5) is 11.9. The van der Waals surface area contributed by atoms with Crippen LogP contribution >= 0.6 is 0 Å². The van der Waals surface area contributed by atoms with Gasteiger partial charge in [-0.05, 0) is 44.4 Å². The van der Waals surface area contributed by atoms with Gasteiger partial charge in [0.05, 0.1) is 18.6 Å². The first kappa shape index (κ1) is 18.7. The minimum atomic E-state index is -0.505. The maximum Gasteiger partial charge on any atom is 0.308 e. The van der Waals surface area contributed by atoms with Crippen molar-refractivity contribution in [3.63, 3.8) is 0 Å². The Morgan fingerprint density at radius 3 is 2.35 bits per heavy atom. The lowest BCUT2D eigenvalue weighted by molar-refractivity contribution is -0.300. The van der Waals surface area contributed by atoms with Crippen LogP contribution in [0.4, 0.5) is 0 Å². The van der Waals surface area contributed by atoms with Crippen molar-refractivity contribution in [1.82, 2.24) is 0 Å². The number of esters is 1. The van der Waals surface area contributed by atoms with Crippen molar-refractivity contribution in [2.24, 2.45) is 29.6 Å². The van der Waals surface area contributed by atoms with Gasteiger partial charge in [0.1, 0.15) is 6.10 Å². The van der Waals surface area contributed by atoms with Gasteiger partial charge < -0.3 is 14.2 Å². The molecule has 134 valence electrons. The highest BCUT2D eigenvalue weighted by Crippen LogP contribution is 2.36. The van der Waals surface area contributed by atoms with Crippen LogP contribution in [-0.2, 0) is 19.0 Å². The molecule has 2 aliphatic heterocycles. The van der Waals surface area contributed by atoms with Gasteiger partial charge in [-0.3, -0.25) is 4.79 Å². The molecular formula is C19H34O4. The molecule has 2 rings (SSSR count). The fraction of sp³-hybridized carbons (Fsp3) is 0.947. The van der Waals surface area contributed by atoms with Crippen molar-refractivity contribution in [2.75, 3.05) is 6.61 Å². The first-order valence-corrected chi connectivity index (χ1v) is 9.13. The van der Waals surface area contributed by atoms with Gasteiger partial charge in [0.25, 0.3) is 0 Å². The van der Waals surface area contributed by atoms with Crippen molar-refractivity contribution < 1.29 is 19.0 Å². The summed E-state index contributed by atoms with van der Waals surface area (Å²) in [7, 11) is 0. The fourth-order valence-corrected chi connectivity index (χ4v) is 4.27. The number of rotatable bonds is 4. The zero-order chi connectivity index (χ0) is 17.4. The van der Waals surface area contributed by atoms with E-state index >= 15 is 0 Å². The maximum absolute atomic E-state index is 11.9. The minimum absolute atomic E-state index is 0.0318. The number of carbonyl (C=O) groups is 1. The van der Waals surface area contributed by atoms with Crippen molar-refractivity contribution in [1.29, 1.82) is 0 Å². The number of hydrogen-bond acceptors (Lipinski definition) is 4. The van der Waals surface area contributed by atoms with E-state index in [9.17, 15) is 4.79 Å². The molecule has 2 saturated heterocycles. The van der Waals surface area contributed by atoms with Crippen LogP contribution in [0, 0.1) is 29.6 Å². The Balaban J connectivity index is 1.96. The molecule has 0 unspecified atom stereocenters. The molecule has 0 saturated carbocycles. The molecule has 0 amide bonds. The van der Waals surface area contributed by atoms with Crippen LogP contribution in [0.3, 0.4) is 0 Å². The van der Waals surface area contributed by atoms with Gasteiger partial charge in [0, 0.05) is 5.92 Å². The van der Waals surface area contributed by atoms with Crippen LogP contribution in [0.15, 0.2) is 0 Å². The number of carbonyl (C=O) groups excluding carboxylic acids is 1. The lowest BCUT2D eigenvalue weighted by Gasteiger charge is -2.44. The highest BCUT2D eigenvalue weighted by atomic mass is 16.7. The van der Waals surface area contributed by atoms with Gasteiger partial charge in [-0.25, -0.2) is 0 Å². The Hall–Kier alpha value is -0.610. The van der Waals surface area contributed by atoms with Gasteiger partial charge in [-0.2, -0.15) is 0 Å². The van der Waals surface area contributed by atoms with Crippen LogP contribution < -0.4 is 0 Å². The molecule has 4 nitrogen and oxygen atoms in total. The van der Waals surface area contributed by atoms with Crippen molar-refractivity contribution >= 4 is 5.97 Å². The quantitative estimate of drug-likeness (QED) is 0.732. The first-order valence-electron chi connectivity index (χ1n) is 9.13. The molecule has 23 heavy (non-hydrogen) atoms. The summed E-state index contributed by atoms with van der Waals surface area (Å²) in [5.41, 5.74) is 0. The molecule has 2 aliphatic rings. The molecule has 2 fully saturated rings. The second-order valence-electron chi connectivity index (χ2n) is 8.48. The molecule has 0 N–H and O–H groups in total. The normalized spacial score (nSPS) is 40.3. The summed E-state index contributed by atoms with van der Waals surface area (Å²) in [6, 6.07) is 0. The smallest absolute Gasteiger partial charge is 0.308 e. The molecule has 0 bridgehead atoms. The fourth-order valence-electron chi connectivity index (χ4n) is 4.27. The Bertz CT molecular complexity index is 420. The average Bonchev–Trinajstić information content (AvgIpc) is 2.45. The summed E-state index contributed by atoms with van der Waals surface area (Å²) < 4.78 is 17.6. The molecule has 0 radical (unpaired) electrons. The Kier molecular flexibility index (Phi) is 5.78. The van der Waals surface area contributed by atoms with Crippen LogP contribution in [-0.4, -0.2) is 30.6 Å². The molecule has 0 aromatic heterocycles. The molecule has 0 aromatic rings. The zero-order valence-corrected chi connectivity index (χ0v) is 15.8. The Morgan fingerprint density at radius 1 is 1.09 bits per heavy atom. The van der Waals surface area contributed by atoms with Crippen LogP contribution in [0.5, 0.6) is 0 Å². The van der Waals surface area contributed by atoms with Gasteiger partial charge >= 0.3 is 5.97 Å². The van der Waals surface area contributed by atoms with Crippen molar-refractivity contribution in [3.05, 3.63) is 0 Å². The average molecular weight is 326 g/mol. The maximum atomic E-state index is 11.9. The minimum Gasteiger partial charge on any atom is -0.462 e. The van der Waals surface area contributed by atoms with Crippen LogP contribution in [0.2, 0.25) is 0 Å².